The van der Waals surface area contributed by atoms with E-state index in [1.807, 2.05) is 36.4 Å². The van der Waals surface area contributed by atoms with Gasteiger partial charge in [-0.2, -0.15) is 5.10 Å². The van der Waals surface area contributed by atoms with E-state index >= 15 is 0 Å². The van der Waals surface area contributed by atoms with Gasteiger partial charge in [0.05, 0.1) is 35.3 Å². The quantitative estimate of drug-likeness (QED) is 0.377. The van der Waals surface area contributed by atoms with E-state index in [1.165, 1.54) is 18.9 Å². The van der Waals surface area contributed by atoms with Crippen molar-refractivity contribution in [3.63, 3.8) is 0 Å². The molecule has 0 fully saturated rings. The van der Waals surface area contributed by atoms with Crippen LogP contribution < -0.4 is 5.32 Å². The Morgan fingerprint density at radius 3 is 2.67 bits per heavy atom. The van der Waals surface area contributed by atoms with Gasteiger partial charge in [-0.1, -0.05) is 54.2 Å². The number of esters is 1. The second-order valence-corrected chi connectivity index (χ2v) is 7.30. The molecule has 0 bridgehead atoms. The van der Waals surface area contributed by atoms with Crippen LogP contribution in [0.3, 0.4) is 0 Å². The lowest BCUT2D eigenvalue weighted by Gasteiger charge is -2.09. The summed E-state index contributed by atoms with van der Waals surface area (Å²) in [4.78, 5) is 28.7. The Morgan fingerprint density at radius 1 is 1.10 bits per heavy atom. The van der Waals surface area contributed by atoms with Crippen molar-refractivity contribution < 1.29 is 14.3 Å². The highest BCUT2D eigenvalue weighted by Crippen LogP contribution is 2.26. The van der Waals surface area contributed by atoms with Gasteiger partial charge in [-0.25, -0.2) is 14.3 Å². The number of hydrogen-bond donors (Lipinski definition) is 1. The lowest BCUT2D eigenvalue weighted by molar-refractivity contribution is -0.113. The van der Waals surface area contributed by atoms with Crippen LogP contribution in [0.15, 0.2) is 78.1 Å². The van der Waals surface area contributed by atoms with Gasteiger partial charge in [0.25, 0.3) is 0 Å². The first-order valence-corrected chi connectivity index (χ1v) is 10.1. The summed E-state index contributed by atoms with van der Waals surface area (Å²) >= 11 is 1.31. The Balaban J connectivity index is 1.50. The molecule has 0 unspecified atom stereocenters. The van der Waals surface area contributed by atoms with Gasteiger partial charge in [0.2, 0.25) is 5.91 Å². The summed E-state index contributed by atoms with van der Waals surface area (Å²) in [6, 6.07) is 18.6. The zero-order valence-electron chi connectivity index (χ0n) is 16.1. The molecule has 8 heteroatoms. The van der Waals surface area contributed by atoms with Gasteiger partial charge in [-0.15, -0.1) is 0 Å². The Labute approximate surface area is 177 Å². The van der Waals surface area contributed by atoms with Crippen molar-refractivity contribution in [2.75, 3.05) is 18.2 Å². The number of fused-ring (bicyclic) bond motifs is 1. The van der Waals surface area contributed by atoms with Crippen molar-refractivity contribution in [3.05, 3.63) is 78.6 Å². The van der Waals surface area contributed by atoms with Gasteiger partial charge >= 0.3 is 5.97 Å². The van der Waals surface area contributed by atoms with E-state index in [1.54, 1.807) is 41.2 Å². The van der Waals surface area contributed by atoms with Gasteiger partial charge in [0.15, 0.2) is 0 Å². The molecule has 0 aliphatic rings. The minimum absolute atomic E-state index is 0.133. The number of anilines is 1. The predicted octanol–water partition coefficient (Wildman–Crippen LogP) is 3.91. The zero-order valence-corrected chi connectivity index (χ0v) is 16.9. The fraction of sp³-hybridized carbons (Fsp3) is 0.0909. The van der Waals surface area contributed by atoms with Crippen molar-refractivity contribution in [2.24, 2.45) is 0 Å². The number of benzene rings is 2. The number of nitrogens with zero attached hydrogens (tertiary/aromatic N) is 3. The molecule has 0 aliphatic heterocycles. The van der Waals surface area contributed by atoms with E-state index in [9.17, 15) is 9.59 Å². The second-order valence-electron chi connectivity index (χ2n) is 6.33. The topological polar surface area (TPSA) is 85.6 Å². The molecule has 7 nitrogen and oxygen atoms in total. The molecular formula is C22H18N4O3S. The van der Waals surface area contributed by atoms with Crippen LogP contribution in [-0.4, -0.2) is 39.3 Å². The molecule has 30 heavy (non-hydrogen) atoms. The second kappa shape index (κ2) is 8.79. The molecule has 0 saturated carbocycles. The SMILES string of the molecule is COC(=O)c1ccccc1NC(=O)CSc1nccn2nc(-c3ccccc3)cc12. The van der Waals surface area contributed by atoms with E-state index < -0.39 is 5.97 Å². The van der Waals surface area contributed by atoms with Gasteiger partial charge in [0.1, 0.15) is 5.03 Å². The summed E-state index contributed by atoms with van der Waals surface area (Å²) in [5.74, 6) is -0.616. The number of hydrogen-bond acceptors (Lipinski definition) is 6. The third-order valence-corrected chi connectivity index (χ3v) is 5.37. The average molecular weight is 418 g/mol. The fourth-order valence-electron chi connectivity index (χ4n) is 2.96. The predicted molar refractivity (Wildman–Crippen MR) is 116 cm³/mol. The van der Waals surface area contributed by atoms with Crippen LogP contribution in [-0.2, 0) is 9.53 Å². The largest absolute Gasteiger partial charge is 0.465 e. The van der Waals surface area contributed by atoms with Crippen LogP contribution in [0.1, 0.15) is 10.4 Å². The van der Waals surface area contributed by atoms with Crippen LogP contribution in [0.4, 0.5) is 5.69 Å². The smallest absolute Gasteiger partial charge is 0.339 e. The summed E-state index contributed by atoms with van der Waals surface area (Å²) < 4.78 is 6.51. The first-order chi connectivity index (χ1) is 14.7. The molecule has 150 valence electrons. The highest BCUT2D eigenvalue weighted by Gasteiger charge is 2.15. The highest BCUT2D eigenvalue weighted by atomic mass is 32.2. The van der Waals surface area contributed by atoms with Gasteiger partial charge < -0.3 is 10.1 Å². The summed E-state index contributed by atoms with van der Waals surface area (Å²) in [7, 11) is 1.30. The van der Waals surface area contributed by atoms with Crippen LogP contribution >= 0.6 is 11.8 Å². The van der Waals surface area contributed by atoms with E-state index in [2.05, 4.69) is 15.4 Å². The molecule has 2 aromatic carbocycles. The Hall–Kier alpha value is -3.65. The number of carbonyl (C=O) groups is 2. The number of nitrogens with one attached hydrogen (secondary N) is 1. The number of aromatic nitrogens is 3. The number of para-hydroxylation sites is 1. The zero-order chi connectivity index (χ0) is 20.9. The van der Waals surface area contributed by atoms with Gasteiger partial charge in [-0.3, -0.25) is 4.79 Å². The first-order valence-electron chi connectivity index (χ1n) is 9.15. The van der Waals surface area contributed by atoms with Crippen molar-refractivity contribution in [1.29, 1.82) is 0 Å². The van der Waals surface area contributed by atoms with Gasteiger partial charge in [0, 0.05) is 18.0 Å². The summed E-state index contributed by atoms with van der Waals surface area (Å²) in [5.41, 5.74) is 3.39. The highest BCUT2D eigenvalue weighted by molar-refractivity contribution is 8.00. The van der Waals surface area contributed by atoms with E-state index in [0.717, 1.165) is 16.8 Å². The minimum Gasteiger partial charge on any atom is -0.465 e. The fourth-order valence-corrected chi connectivity index (χ4v) is 3.74. The maximum atomic E-state index is 12.5. The molecule has 1 amide bonds. The molecule has 0 saturated heterocycles. The third-order valence-electron chi connectivity index (χ3n) is 4.37. The summed E-state index contributed by atoms with van der Waals surface area (Å²) in [6.07, 6.45) is 3.43. The maximum Gasteiger partial charge on any atom is 0.339 e. The molecule has 4 rings (SSSR count). The molecule has 0 radical (unpaired) electrons. The van der Waals surface area contributed by atoms with E-state index in [-0.39, 0.29) is 11.7 Å². The normalized spacial score (nSPS) is 10.7. The van der Waals surface area contributed by atoms with E-state index in [4.69, 9.17) is 4.74 Å². The maximum absolute atomic E-state index is 12.5. The van der Waals surface area contributed by atoms with Crippen LogP contribution in [0, 0.1) is 0 Å². The number of amides is 1. The number of rotatable bonds is 6. The lowest BCUT2D eigenvalue weighted by atomic mass is 10.1. The number of methoxy groups -OCH3 is 1. The molecule has 2 aromatic heterocycles. The molecule has 2 heterocycles. The van der Waals surface area contributed by atoms with Crippen LogP contribution in [0.25, 0.3) is 16.8 Å². The van der Waals surface area contributed by atoms with Gasteiger partial charge in [-0.05, 0) is 18.2 Å². The van der Waals surface area contributed by atoms with Crippen LogP contribution in [0.5, 0.6) is 0 Å². The number of thioether (sulfide) groups is 1. The monoisotopic (exact) mass is 418 g/mol. The number of carbonyl (C=O) groups excluding carboxylic acids is 2. The lowest BCUT2D eigenvalue weighted by Crippen LogP contribution is -2.17. The molecule has 0 atom stereocenters. The summed E-state index contributed by atoms with van der Waals surface area (Å²) in [5, 5.41) is 8.05. The number of ether oxygens (including phenoxy) is 1. The Morgan fingerprint density at radius 2 is 1.87 bits per heavy atom. The third kappa shape index (κ3) is 4.18. The van der Waals surface area contributed by atoms with Crippen molar-refractivity contribution in [3.8, 4) is 11.3 Å². The van der Waals surface area contributed by atoms with E-state index in [0.29, 0.717) is 16.3 Å². The van der Waals surface area contributed by atoms with Crippen molar-refractivity contribution >= 4 is 34.8 Å². The standard InChI is InChI=1S/C22H18N4O3S/c1-29-22(28)16-9-5-6-10-17(16)24-20(27)14-30-21-19-13-18(15-7-3-2-4-8-15)25-26(19)12-11-23-21/h2-13H,14H2,1H3,(H,24,27). The average Bonchev–Trinajstić information content (AvgIpc) is 3.23. The molecule has 0 spiro atoms. The molecule has 0 aliphatic carbocycles. The van der Waals surface area contributed by atoms with Crippen LogP contribution in [0.2, 0.25) is 0 Å². The minimum atomic E-state index is -0.502. The Kier molecular flexibility index (Phi) is 5.76. The van der Waals surface area contributed by atoms with Crippen molar-refractivity contribution in [2.45, 2.75) is 5.03 Å². The van der Waals surface area contributed by atoms with Crippen molar-refractivity contribution in [1.82, 2.24) is 14.6 Å². The molecule has 1 N–H and O–H groups in total. The summed E-state index contributed by atoms with van der Waals surface area (Å²) in [6.45, 7) is 0. The first kappa shape index (κ1) is 19.7. The Bertz CT molecular complexity index is 1210. The molecular weight excluding hydrogens is 400 g/mol. The molecule has 4 aromatic rings.